The smallest absolute Gasteiger partial charge is 0.263 e. The molecule has 0 bridgehead atoms. The fraction of sp³-hybridized carbons (Fsp3) is 0.571. The molecule has 1 aromatic carbocycles. The number of fused-ring (bicyclic) bond motifs is 1. The average molecular weight is 269 g/mol. The average Bonchev–Trinajstić information content (AvgIpc) is 3.18. The number of rotatable bonds is 3. The monoisotopic (exact) mass is 269 g/mol. The summed E-state index contributed by atoms with van der Waals surface area (Å²) < 4.78 is 37.1. The lowest BCUT2D eigenvalue weighted by Crippen LogP contribution is -2.33. The number of ether oxygens (including phenoxy) is 2. The summed E-state index contributed by atoms with van der Waals surface area (Å²) in [4.78, 5) is 0. The molecular weight excluding hydrogens is 252 g/mol. The highest BCUT2D eigenvalue weighted by Crippen LogP contribution is 2.56. The van der Waals surface area contributed by atoms with Crippen molar-refractivity contribution < 1.29 is 18.3 Å². The van der Waals surface area contributed by atoms with Crippen LogP contribution in [0, 0.1) is 0 Å². The van der Waals surface area contributed by atoms with Crippen LogP contribution in [-0.4, -0.2) is 19.3 Å². The summed E-state index contributed by atoms with van der Waals surface area (Å²) in [5.41, 5.74) is 6.58. The molecule has 0 amide bonds. The van der Waals surface area contributed by atoms with Crippen LogP contribution in [0.4, 0.5) is 8.78 Å². The Labute approximate surface area is 110 Å². The standard InChI is InChI=1S/C14H17F2NO2/c1-8(17)14(2-3-14)10-6-9(13(15)16)7-11-12(10)19-5-4-18-11/h6-8,13H,2-5,17H2,1H3. The largest absolute Gasteiger partial charge is 0.486 e. The van der Waals surface area contributed by atoms with Gasteiger partial charge in [0, 0.05) is 22.6 Å². The quantitative estimate of drug-likeness (QED) is 0.917. The van der Waals surface area contributed by atoms with Crippen molar-refractivity contribution in [3.8, 4) is 11.5 Å². The summed E-state index contributed by atoms with van der Waals surface area (Å²) in [6, 6.07) is 2.82. The molecule has 1 aromatic rings. The topological polar surface area (TPSA) is 44.5 Å². The summed E-state index contributed by atoms with van der Waals surface area (Å²) in [6.45, 7) is 2.76. The van der Waals surface area contributed by atoms with Gasteiger partial charge in [0.15, 0.2) is 11.5 Å². The van der Waals surface area contributed by atoms with Crippen molar-refractivity contribution in [2.75, 3.05) is 13.2 Å². The summed E-state index contributed by atoms with van der Waals surface area (Å²) in [5.74, 6) is 1.02. The summed E-state index contributed by atoms with van der Waals surface area (Å²) in [6.07, 6.45) is -0.696. The van der Waals surface area contributed by atoms with E-state index in [1.165, 1.54) is 12.1 Å². The third kappa shape index (κ3) is 1.96. The molecule has 3 nitrogen and oxygen atoms in total. The first-order chi connectivity index (χ1) is 9.04. The Morgan fingerprint density at radius 1 is 1.21 bits per heavy atom. The van der Waals surface area contributed by atoms with E-state index < -0.39 is 6.43 Å². The number of alkyl halides is 2. The number of halogens is 2. The van der Waals surface area contributed by atoms with E-state index in [9.17, 15) is 8.78 Å². The number of nitrogens with two attached hydrogens (primary N) is 1. The number of benzene rings is 1. The van der Waals surface area contributed by atoms with E-state index in [1.54, 1.807) is 0 Å². The van der Waals surface area contributed by atoms with Crippen molar-refractivity contribution in [2.45, 2.75) is 37.6 Å². The molecule has 1 aliphatic heterocycles. The molecule has 5 heteroatoms. The lowest BCUT2D eigenvalue weighted by Gasteiger charge is -2.28. The van der Waals surface area contributed by atoms with Gasteiger partial charge in [0.2, 0.25) is 0 Å². The molecule has 104 valence electrons. The van der Waals surface area contributed by atoms with Crippen molar-refractivity contribution in [1.29, 1.82) is 0 Å². The highest BCUT2D eigenvalue weighted by molar-refractivity contribution is 5.56. The van der Waals surface area contributed by atoms with Gasteiger partial charge in [-0.25, -0.2) is 8.78 Å². The van der Waals surface area contributed by atoms with Crippen molar-refractivity contribution in [2.24, 2.45) is 5.73 Å². The van der Waals surface area contributed by atoms with Crippen LogP contribution < -0.4 is 15.2 Å². The maximum atomic E-state index is 13.0. The Bertz CT molecular complexity index is 498. The van der Waals surface area contributed by atoms with E-state index in [4.69, 9.17) is 15.2 Å². The van der Waals surface area contributed by atoms with Gasteiger partial charge in [0.05, 0.1) is 0 Å². The van der Waals surface area contributed by atoms with E-state index in [2.05, 4.69) is 0 Å². The molecule has 0 spiro atoms. The SMILES string of the molecule is CC(N)C1(c2cc(C(F)F)cc3c2OCCO3)CC1. The van der Waals surface area contributed by atoms with Gasteiger partial charge in [-0.3, -0.25) is 0 Å². The maximum Gasteiger partial charge on any atom is 0.263 e. The molecule has 1 atom stereocenters. The Morgan fingerprint density at radius 2 is 1.89 bits per heavy atom. The first kappa shape index (κ1) is 12.7. The van der Waals surface area contributed by atoms with Gasteiger partial charge < -0.3 is 15.2 Å². The minimum absolute atomic E-state index is 0.0221. The van der Waals surface area contributed by atoms with Gasteiger partial charge in [0.25, 0.3) is 6.43 Å². The van der Waals surface area contributed by atoms with E-state index in [0.29, 0.717) is 24.7 Å². The zero-order valence-corrected chi connectivity index (χ0v) is 10.8. The molecule has 2 N–H and O–H groups in total. The zero-order valence-electron chi connectivity index (χ0n) is 10.8. The molecule has 3 rings (SSSR count). The highest BCUT2D eigenvalue weighted by atomic mass is 19.3. The third-order valence-electron chi connectivity index (χ3n) is 4.11. The van der Waals surface area contributed by atoms with Crippen molar-refractivity contribution in [3.05, 3.63) is 23.3 Å². The molecule has 1 fully saturated rings. The van der Waals surface area contributed by atoms with Crippen LogP contribution in [0.25, 0.3) is 0 Å². The van der Waals surface area contributed by atoms with Crippen LogP contribution in [0.15, 0.2) is 12.1 Å². The molecule has 1 unspecified atom stereocenters. The molecule has 0 radical (unpaired) electrons. The molecule has 1 saturated carbocycles. The number of hydrogen-bond donors (Lipinski definition) is 1. The molecule has 0 saturated heterocycles. The van der Waals surface area contributed by atoms with Crippen molar-refractivity contribution in [1.82, 2.24) is 0 Å². The molecular formula is C14H17F2NO2. The minimum atomic E-state index is -2.52. The normalized spacial score (nSPS) is 21.3. The maximum absolute atomic E-state index is 13.0. The lowest BCUT2D eigenvalue weighted by molar-refractivity contribution is 0.146. The van der Waals surface area contributed by atoms with Crippen LogP contribution in [0.3, 0.4) is 0 Å². The predicted molar refractivity (Wildman–Crippen MR) is 67.0 cm³/mol. The van der Waals surface area contributed by atoms with Crippen molar-refractivity contribution >= 4 is 0 Å². The van der Waals surface area contributed by atoms with E-state index in [0.717, 1.165) is 18.4 Å². The van der Waals surface area contributed by atoms with Gasteiger partial charge in [-0.2, -0.15) is 0 Å². The molecule has 1 heterocycles. The highest BCUT2D eigenvalue weighted by Gasteiger charge is 2.50. The summed E-state index contributed by atoms with van der Waals surface area (Å²) in [5, 5.41) is 0. The van der Waals surface area contributed by atoms with Crippen LogP contribution in [0.1, 0.15) is 37.3 Å². The molecule has 2 aliphatic rings. The van der Waals surface area contributed by atoms with Gasteiger partial charge >= 0.3 is 0 Å². The first-order valence-corrected chi connectivity index (χ1v) is 6.52. The second kappa shape index (κ2) is 4.34. The van der Waals surface area contributed by atoms with E-state index in [-0.39, 0.29) is 17.0 Å². The fourth-order valence-corrected chi connectivity index (χ4v) is 2.78. The van der Waals surface area contributed by atoms with Gasteiger partial charge in [-0.05, 0) is 31.9 Å². The minimum Gasteiger partial charge on any atom is -0.486 e. The summed E-state index contributed by atoms with van der Waals surface area (Å²) >= 11 is 0. The van der Waals surface area contributed by atoms with Gasteiger partial charge in [0.1, 0.15) is 13.2 Å². The van der Waals surface area contributed by atoms with E-state index in [1.807, 2.05) is 6.92 Å². The Hall–Kier alpha value is -1.36. The Morgan fingerprint density at radius 3 is 2.47 bits per heavy atom. The molecule has 19 heavy (non-hydrogen) atoms. The lowest BCUT2D eigenvalue weighted by atomic mass is 9.87. The predicted octanol–water partition coefficient (Wildman–Crippen LogP) is 2.77. The van der Waals surface area contributed by atoms with Crippen LogP contribution in [0.5, 0.6) is 11.5 Å². The zero-order chi connectivity index (χ0) is 13.6. The second-order valence-electron chi connectivity index (χ2n) is 5.34. The molecule has 0 aromatic heterocycles. The third-order valence-corrected chi connectivity index (χ3v) is 4.11. The number of hydrogen-bond acceptors (Lipinski definition) is 3. The van der Waals surface area contributed by atoms with Crippen LogP contribution in [0.2, 0.25) is 0 Å². The van der Waals surface area contributed by atoms with Crippen molar-refractivity contribution in [3.63, 3.8) is 0 Å². The van der Waals surface area contributed by atoms with Gasteiger partial charge in [-0.1, -0.05) is 0 Å². The Kier molecular flexibility index (Phi) is 2.89. The summed E-state index contributed by atoms with van der Waals surface area (Å²) in [7, 11) is 0. The Balaban J connectivity index is 2.14. The van der Waals surface area contributed by atoms with Gasteiger partial charge in [-0.15, -0.1) is 0 Å². The van der Waals surface area contributed by atoms with Crippen LogP contribution in [-0.2, 0) is 5.41 Å². The fourth-order valence-electron chi connectivity index (χ4n) is 2.78. The molecule has 1 aliphatic carbocycles. The first-order valence-electron chi connectivity index (χ1n) is 6.52. The second-order valence-corrected chi connectivity index (χ2v) is 5.34. The van der Waals surface area contributed by atoms with E-state index >= 15 is 0 Å². The van der Waals surface area contributed by atoms with Crippen LogP contribution >= 0.6 is 0 Å².